The Balaban J connectivity index is 2.10. The van der Waals surface area contributed by atoms with Gasteiger partial charge in [-0.3, -0.25) is 0 Å². The molecule has 0 aliphatic rings. The summed E-state index contributed by atoms with van der Waals surface area (Å²) in [6.07, 6.45) is 0.545. The largest absolute Gasteiger partial charge is 0.383 e. The maximum Gasteiger partial charge on any atom is 0.228 e. The average Bonchev–Trinajstić information content (AvgIpc) is 2.88. The van der Waals surface area contributed by atoms with E-state index in [-0.39, 0.29) is 17.7 Å². The van der Waals surface area contributed by atoms with Crippen molar-refractivity contribution in [3.63, 3.8) is 0 Å². The van der Waals surface area contributed by atoms with E-state index in [9.17, 15) is 4.39 Å². The molecule has 1 atom stereocenters. The first-order valence-electron chi connectivity index (χ1n) is 6.54. The Labute approximate surface area is 117 Å². The number of hydrogen-bond acceptors (Lipinski definition) is 5. The summed E-state index contributed by atoms with van der Waals surface area (Å²) in [7, 11) is 1.64. The van der Waals surface area contributed by atoms with Crippen molar-refractivity contribution in [3.05, 3.63) is 36.0 Å². The summed E-state index contributed by atoms with van der Waals surface area (Å²) >= 11 is 0. The Morgan fingerprint density at radius 2 is 2.20 bits per heavy atom. The van der Waals surface area contributed by atoms with E-state index in [0.29, 0.717) is 24.5 Å². The number of nitrogens with one attached hydrogen (secondary N) is 1. The number of halogens is 1. The zero-order chi connectivity index (χ0) is 14.4. The van der Waals surface area contributed by atoms with E-state index in [1.165, 1.54) is 6.07 Å². The molecule has 0 spiro atoms. The molecule has 1 heterocycles. The van der Waals surface area contributed by atoms with Gasteiger partial charge in [-0.1, -0.05) is 24.2 Å². The van der Waals surface area contributed by atoms with Crippen molar-refractivity contribution >= 4 is 0 Å². The highest BCUT2D eigenvalue weighted by Gasteiger charge is 2.16. The van der Waals surface area contributed by atoms with Crippen LogP contribution in [0.4, 0.5) is 4.39 Å². The number of methoxy groups -OCH3 is 1. The average molecular weight is 279 g/mol. The third-order valence-corrected chi connectivity index (χ3v) is 2.86. The quantitative estimate of drug-likeness (QED) is 0.840. The second kappa shape index (κ2) is 7.12. The Bertz CT molecular complexity index is 539. The molecule has 0 radical (unpaired) electrons. The van der Waals surface area contributed by atoms with Crippen LogP contribution in [0.25, 0.3) is 11.4 Å². The van der Waals surface area contributed by atoms with Crippen LogP contribution >= 0.6 is 0 Å². The molecule has 6 heteroatoms. The van der Waals surface area contributed by atoms with Gasteiger partial charge in [0.2, 0.25) is 11.7 Å². The maximum absolute atomic E-state index is 13.6. The molecule has 0 fully saturated rings. The van der Waals surface area contributed by atoms with Crippen molar-refractivity contribution in [1.82, 2.24) is 15.5 Å². The standard InChI is InChI=1S/C14H18FN3O2/c1-3-16-10(9-19-2)8-13-17-14(18-20-13)11-6-4-5-7-12(11)15/h4-7,10,16H,3,8-9H2,1-2H3. The van der Waals surface area contributed by atoms with Gasteiger partial charge < -0.3 is 14.6 Å². The minimum Gasteiger partial charge on any atom is -0.383 e. The highest BCUT2D eigenvalue weighted by atomic mass is 19.1. The summed E-state index contributed by atoms with van der Waals surface area (Å²) in [5.74, 6) is 0.372. The van der Waals surface area contributed by atoms with Crippen molar-refractivity contribution < 1.29 is 13.7 Å². The fourth-order valence-corrected chi connectivity index (χ4v) is 1.98. The number of likely N-dealkylation sites (N-methyl/N-ethyl adjacent to an activating group) is 1. The van der Waals surface area contributed by atoms with Crippen molar-refractivity contribution in [2.45, 2.75) is 19.4 Å². The first-order chi connectivity index (χ1) is 9.74. The van der Waals surface area contributed by atoms with Gasteiger partial charge in [0.15, 0.2) is 0 Å². The van der Waals surface area contributed by atoms with E-state index in [0.717, 1.165) is 6.54 Å². The van der Waals surface area contributed by atoms with Gasteiger partial charge in [0.1, 0.15) is 5.82 Å². The summed E-state index contributed by atoms with van der Waals surface area (Å²) in [5, 5.41) is 7.09. The minimum atomic E-state index is -0.361. The monoisotopic (exact) mass is 279 g/mol. The number of ether oxygens (including phenoxy) is 1. The van der Waals surface area contributed by atoms with Gasteiger partial charge in [-0.15, -0.1) is 0 Å². The van der Waals surface area contributed by atoms with Crippen molar-refractivity contribution in [1.29, 1.82) is 0 Å². The molecule has 108 valence electrons. The molecule has 1 N–H and O–H groups in total. The number of nitrogens with zero attached hydrogens (tertiary/aromatic N) is 2. The Morgan fingerprint density at radius 1 is 1.40 bits per heavy atom. The third kappa shape index (κ3) is 3.61. The molecule has 0 bridgehead atoms. The highest BCUT2D eigenvalue weighted by Crippen LogP contribution is 2.19. The molecule has 5 nitrogen and oxygen atoms in total. The van der Waals surface area contributed by atoms with Crippen LogP contribution in [-0.4, -0.2) is 36.4 Å². The Kier molecular flexibility index (Phi) is 5.20. The number of benzene rings is 1. The van der Waals surface area contributed by atoms with E-state index in [2.05, 4.69) is 15.5 Å². The molecule has 1 aromatic carbocycles. The molecule has 1 aromatic heterocycles. The predicted molar refractivity (Wildman–Crippen MR) is 72.7 cm³/mol. The fourth-order valence-electron chi connectivity index (χ4n) is 1.98. The molecule has 1 unspecified atom stereocenters. The van der Waals surface area contributed by atoms with Gasteiger partial charge in [-0.25, -0.2) is 4.39 Å². The number of rotatable bonds is 7. The second-order valence-electron chi connectivity index (χ2n) is 4.41. The lowest BCUT2D eigenvalue weighted by Gasteiger charge is -2.14. The number of hydrogen-bond donors (Lipinski definition) is 1. The van der Waals surface area contributed by atoms with E-state index in [1.807, 2.05) is 6.92 Å². The Morgan fingerprint density at radius 3 is 2.90 bits per heavy atom. The summed E-state index contributed by atoms with van der Waals surface area (Å²) in [4.78, 5) is 4.23. The normalized spacial score (nSPS) is 12.6. The van der Waals surface area contributed by atoms with E-state index in [4.69, 9.17) is 9.26 Å². The molecular formula is C14H18FN3O2. The SMILES string of the molecule is CCNC(COC)Cc1nc(-c2ccccc2F)no1. The predicted octanol–water partition coefficient (Wildman–Crippen LogP) is 2.04. The zero-order valence-corrected chi connectivity index (χ0v) is 11.6. The number of aromatic nitrogens is 2. The van der Waals surface area contributed by atoms with Crippen LogP contribution in [0.15, 0.2) is 28.8 Å². The van der Waals surface area contributed by atoms with E-state index in [1.54, 1.807) is 25.3 Å². The lowest BCUT2D eigenvalue weighted by atomic mass is 10.2. The van der Waals surface area contributed by atoms with Gasteiger partial charge in [0.25, 0.3) is 0 Å². The van der Waals surface area contributed by atoms with Crippen LogP contribution in [-0.2, 0) is 11.2 Å². The van der Waals surface area contributed by atoms with Crippen molar-refractivity contribution in [2.24, 2.45) is 0 Å². The molecule has 20 heavy (non-hydrogen) atoms. The minimum absolute atomic E-state index is 0.0962. The summed E-state index contributed by atoms with van der Waals surface area (Å²) in [5.41, 5.74) is 0.342. The summed E-state index contributed by atoms with van der Waals surface area (Å²) in [6, 6.07) is 6.46. The second-order valence-corrected chi connectivity index (χ2v) is 4.41. The van der Waals surface area contributed by atoms with Crippen LogP contribution in [0.2, 0.25) is 0 Å². The van der Waals surface area contributed by atoms with Crippen molar-refractivity contribution in [3.8, 4) is 11.4 Å². The molecular weight excluding hydrogens is 261 g/mol. The first-order valence-corrected chi connectivity index (χ1v) is 6.54. The van der Waals surface area contributed by atoms with Gasteiger partial charge in [0.05, 0.1) is 12.2 Å². The zero-order valence-electron chi connectivity index (χ0n) is 11.6. The topological polar surface area (TPSA) is 60.2 Å². The fraction of sp³-hybridized carbons (Fsp3) is 0.429. The molecule has 0 saturated carbocycles. The van der Waals surface area contributed by atoms with Gasteiger partial charge in [0, 0.05) is 19.6 Å². The first kappa shape index (κ1) is 14.6. The molecule has 0 amide bonds. The van der Waals surface area contributed by atoms with Crippen LogP contribution in [0.5, 0.6) is 0 Å². The summed E-state index contributed by atoms with van der Waals surface area (Å²) in [6.45, 7) is 3.38. The molecule has 0 saturated heterocycles. The van der Waals surface area contributed by atoms with Crippen LogP contribution < -0.4 is 5.32 Å². The van der Waals surface area contributed by atoms with Gasteiger partial charge in [-0.05, 0) is 18.7 Å². The molecule has 2 rings (SSSR count). The van der Waals surface area contributed by atoms with Crippen molar-refractivity contribution in [2.75, 3.05) is 20.3 Å². The Hall–Kier alpha value is -1.79. The molecule has 0 aliphatic heterocycles. The third-order valence-electron chi connectivity index (χ3n) is 2.86. The van der Waals surface area contributed by atoms with Gasteiger partial charge >= 0.3 is 0 Å². The molecule has 2 aromatic rings. The van der Waals surface area contributed by atoms with Crippen LogP contribution in [0.3, 0.4) is 0 Å². The maximum atomic E-state index is 13.6. The van der Waals surface area contributed by atoms with Crippen LogP contribution in [0.1, 0.15) is 12.8 Å². The van der Waals surface area contributed by atoms with E-state index >= 15 is 0 Å². The van der Waals surface area contributed by atoms with Crippen LogP contribution in [0, 0.1) is 5.82 Å². The van der Waals surface area contributed by atoms with E-state index < -0.39 is 0 Å². The lowest BCUT2D eigenvalue weighted by Crippen LogP contribution is -2.35. The lowest BCUT2D eigenvalue weighted by molar-refractivity contribution is 0.162. The molecule has 0 aliphatic carbocycles. The highest BCUT2D eigenvalue weighted by molar-refractivity contribution is 5.54. The summed E-state index contributed by atoms with van der Waals surface area (Å²) < 4.78 is 23.9. The van der Waals surface area contributed by atoms with Gasteiger partial charge in [-0.2, -0.15) is 4.98 Å². The smallest absolute Gasteiger partial charge is 0.228 e.